The average Bonchev–Trinajstić information content (AvgIpc) is 2.73. The molecule has 1 aliphatic heterocycles. The maximum Gasteiger partial charge on any atom is 0.253 e. The molecule has 0 spiro atoms. The number of ether oxygens (including phenoxy) is 1. The van der Waals surface area contributed by atoms with Crippen LogP contribution in [0.2, 0.25) is 0 Å². The van der Waals surface area contributed by atoms with Crippen LogP contribution < -0.4 is 0 Å². The third kappa shape index (κ3) is 3.41. The van der Waals surface area contributed by atoms with Crippen molar-refractivity contribution in [2.24, 2.45) is 23.7 Å². The van der Waals surface area contributed by atoms with Crippen molar-refractivity contribution in [2.75, 3.05) is 33.4 Å². The molecule has 4 saturated carbocycles. The van der Waals surface area contributed by atoms with E-state index in [4.69, 9.17) is 4.74 Å². The molecule has 1 amide bonds. The lowest BCUT2D eigenvalue weighted by Crippen LogP contribution is -2.56. The minimum atomic E-state index is -3.60. The summed E-state index contributed by atoms with van der Waals surface area (Å²) in [5, 5.41) is 0. The van der Waals surface area contributed by atoms with Crippen molar-refractivity contribution in [3.8, 4) is 0 Å². The van der Waals surface area contributed by atoms with Crippen LogP contribution >= 0.6 is 0 Å². The third-order valence-corrected chi connectivity index (χ3v) is 9.53. The van der Waals surface area contributed by atoms with E-state index >= 15 is 0 Å². The lowest BCUT2D eigenvalue weighted by molar-refractivity contribution is -0.0491. The Morgan fingerprint density at radius 1 is 1.03 bits per heavy atom. The maximum atomic E-state index is 13.3. The molecular weight excluding hydrogens is 388 g/mol. The first kappa shape index (κ1) is 19.5. The maximum absolute atomic E-state index is 13.3. The zero-order chi connectivity index (χ0) is 20.2. The van der Waals surface area contributed by atoms with Crippen molar-refractivity contribution in [1.82, 2.24) is 9.21 Å². The van der Waals surface area contributed by atoms with Crippen LogP contribution in [0.25, 0.3) is 0 Å². The molecule has 0 atom stereocenters. The Bertz CT molecular complexity index is 866. The van der Waals surface area contributed by atoms with Gasteiger partial charge >= 0.3 is 0 Å². The van der Waals surface area contributed by atoms with Gasteiger partial charge in [-0.05, 0) is 74.0 Å². The number of carbonyl (C=O) groups is 1. The number of hydrogen-bond acceptors (Lipinski definition) is 4. The molecule has 1 heterocycles. The summed E-state index contributed by atoms with van der Waals surface area (Å²) in [6.45, 7) is 1.53. The Morgan fingerprint density at radius 2 is 1.66 bits per heavy atom. The summed E-state index contributed by atoms with van der Waals surface area (Å²) in [5.74, 6) is 2.89. The molecule has 1 aromatic carbocycles. The Kier molecular flexibility index (Phi) is 4.95. The van der Waals surface area contributed by atoms with Gasteiger partial charge < -0.3 is 9.64 Å². The molecule has 0 N–H and O–H groups in total. The van der Waals surface area contributed by atoms with E-state index in [0.29, 0.717) is 49.7 Å². The van der Waals surface area contributed by atoms with Crippen LogP contribution in [0.1, 0.15) is 42.5 Å². The molecule has 1 aromatic rings. The fourth-order valence-electron chi connectivity index (χ4n) is 6.59. The van der Waals surface area contributed by atoms with Gasteiger partial charge in [0.1, 0.15) is 0 Å². The van der Waals surface area contributed by atoms with Crippen molar-refractivity contribution in [2.45, 2.75) is 43.0 Å². The van der Waals surface area contributed by atoms with Crippen LogP contribution in [-0.2, 0) is 14.8 Å². The van der Waals surface area contributed by atoms with Crippen LogP contribution in [0.15, 0.2) is 29.2 Å². The number of sulfonamides is 1. The van der Waals surface area contributed by atoms with Crippen molar-refractivity contribution in [1.29, 1.82) is 0 Å². The van der Waals surface area contributed by atoms with Gasteiger partial charge in [0.2, 0.25) is 10.0 Å². The first-order chi connectivity index (χ1) is 13.9. The van der Waals surface area contributed by atoms with Crippen LogP contribution in [0.3, 0.4) is 0 Å². The van der Waals surface area contributed by atoms with E-state index in [-0.39, 0.29) is 10.8 Å². The van der Waals surface area contributed by atoms with Gasteiger partial charge in [-0.2, -0.15) is 4.31 Å². The summed E-state index contributed by atoms with van der Waals surface area (Å²) in [6, 6.07) is 6.87. The highest BCUT2D eigenvalue weighted by molar-refractivity contribution is 7.89. The summed E-state index contributed by atoms with van der Waals surface area (Å²) in [7, 11) is -1.69. The molecule has 4 aliphatic carbocycles. The Balaban J connectivity index is 1.37. The minimum Gasteiger partial charge on any atom is -0.379 e. The van der Waals surface area contributed by atoms with E-state index in [1.165, 1.54) is 36.4 Å². The molecule has 7 heteroatoms. The summed E-state index contributed by atoms with van der Waals surface area (Å²) in [4.78, 5) is 15.4. The molecule has 29 heavy (non-hydrogen) atoms. The van der Waals surface area contributed by atoms with Crippen LogP contribution in [0.5, 0.6) is 0 Å². The van der Waals surface area contributed by atoms with Gasteiger partial charge in [-0.15, -0.1) is 0 Å². The van der Waals surface area contributed by atoms with E-state index in [9.17, 15) is 13.2 Å². The smallest absolute Gasteiger partial charge is 0.253 e. The number of rotatable bonds is 4. The second-order valence-electron chi connectivity index (χ2n) is 9.38. The van der Waals surface area contributed by atoms with Crippen LogP contribution in [0, 0.1) is 23.7 Å². The zero-order valence-electron chi connectivity index (χ0n) is 17.0. The van der Waals surface area contributed by atoms with Crippen molar-refractivity contribution >= 4 is 15.9 Å². The van der Waals surface area contributed by atoms with Crippen LogP contribution in [-0.4, -0.2) is 62.9 Å². The fraction of sp³-hybridized carbons (Fsp3) is 0.682. The van der Waals surface area contributed by atoms with Crippen molar-refractivity contribution < 1.29 is 17.9 Å². The fourth-order valence-corrected chi connectivity index (χ4v) is 8.05. The third-order valence-electron chi connectivity index (χ3n) is 7.63. The molecule has 158 valence electrons. The van der Waals surface area contributed by atoms with Gasteiger partial charge in [-0.1, -0.05) is 6.07 Å². The second-order valence-corrected chi connectivity index (χ2v) is 11.3. The minimum absolute atomic E-state index is 0.0542. The quantitative estimate of drug-likeness (QED) is 0.754. The summed E-state index contributed by atoms with van der Waals surface area (Å²) in [6.07, 6.45) is 6.39. The number of amides is 1. The number of nitrogens with zero attached hydrogens (tertiary/aromatic N) is 2. The van der Waals surface area contributed by atoms with E-state index in [0.717, 1.165) is 11.8 Å². The number of hydrogen-bond donors (Lipinski definition) is 0. The van der Waals surface area contributed by atoms with Crippen LogP contribution in [0.4, 0.5) is 0 Å². The molecule has 0 unspecified atom stereocenters. The SMILES string of the molecule is CN(C(=O)c1cccc(S(=O)(=O)N2CCOCC2)c1)C1C2CC3CC(C2)CC1C3. The topological polar surface area (TPSA) is 66.9 Å². The molecule has 6 nitrogen and oxygen atoms in total. The average molecular weight is 419 g/mol. The first-order valence-corrected chi connectivity index (χ1v) is 12.3. The predicted molar refractivity (Wildman–Crippen MR) is 109 cm³/mol. The highest BCUT2D eigenvalue weighted by atomic mass is 32.2. The standard InChI is InChI=1S/C22H30N2O4S/c1-23(21-18-10-15-9-16(12-18)13-19(21)11-15)22(25)17-3-2-4-20(14-17)29(26,27)24-5-7-28-8-6-24/h2-4,14-16,18-19,21H,5-13H2,1H3. The highest BCUT2D eigenvalue weighted by Crippen LogP contribution is 2.55. The van der Waals surface area contributed by atoms with E-state index < -0.39 is 10.0 Å². The molecule has 0 aromatic heterocycles. The largest absolute Gasteiger partial charge is 0.379 e. The lowest BCUT2D eigenvalue weighted by atomic mass is 9.54. The molecule has 6 rings (SSSR count). The lowest BCUT2D eigenvalue weighted by Gasteiger charge is -2.56. The summed E-state index contributed by atoms with van der Waals surface area (Å²) < 4.78 is 32.7. The van der Waals surface area contributed by atoms with Crippen molar-refractivity contribution in [3.05, 3.63) is 29.8 Å². The Hall–Kier alpha value is -1.44. The predicted octanol–water partition coefficient (Wildman–Crippen LogP) is 2.60. The summed E-state index contributed by atoms with van der Waals surface area (Å²) in [5.41, 5.74) is 0.468. The van der Waals surface area contributed by atoms with E-state index in [1.54, 1.807) is 24.3 Å². The zero-order valence-corrected chi connectivity index (χ0v) is 17.8. The molecule has 4 bridgehead atoms. The molecule has 5 fully saturated rings. The Labute approximate surface area is 173 Å². The van der Waals surface area contributed by atoms with E-state index in [1.807, 2.05) is 11.9 Å². The summed E-state index contributed by atoms with van der Waals surface area (Å²) >= 11 is 0. The van der Waals surface area contributed by atoms with Gasteiger partial charge in [0, 0.05) is 31.7 Å². The monoisotopic (exact) mass is 418 g/mol. The molecular formula is C22H30N2O4S. The van der Waals surface area contributed by atoms with Gasteiger partial charge in [0.15, 0.2) is 0 Å². The van der Waals surface area contributed by atoms with Gasteiger partial charge in [-0.3, -0.25) is 4.79 Å². The first-order valence-electron chi connectivity index (χ1n) is 10.9. The van der Waals surface area contributed by atoms with E-state index in [2.05, 4.69) is 0 Å². The molecule has 0 radical (unpaired) electrons. The number of carbonyl (C=O) groups excluding carboxylic acids is 1. The van der Waals surface area contributed by atoms with Gasteiger partial charge in [-0.25, -0.2) is 8.42 Å². The van der Waals surface area contributed by atoms with Crippen molar-refractivity contribution in [3.63, 3.8) is 0 Å². The Morgan fingerprint density at radius 3 is 2.28 bits per heavy atom. The highest BCUT2D eigenvalue weighted by Gasteiger charge is 2.50. The number of benzene rings is 1. The van der Waals surface area contributed by atoms with Gasteiger partial charge in [0.05, 0.1) is 18.1 Å². The van der Waals surface area contributed by atoms with Gasteiger partial charge in [0.25, 0.3) is 5.91 Å². The molecule has 1 saturated heterocycles. The second kappa shape index (κ2) is 7.36. The molecule has 5 aliphatic rings. The number of morpholine rings is 1. The normalized spacial score (nSPS) is 34.3.